The molecule has 1 aromatic heterocycles. The van der Waals surface area contributed by atoms with E-state index < -0.39 is 0 Å². The molecule has 1 aromatic carbocycles. The van der Waals surface area contributed by atoms with Gasteiger partial charge in [0, 0.05) is 17.9 Å². The predicted molar refractivity (Wildman–Crippen MR) is 85.3 cm³/mol. The first-order chi connectivity index (χ1) is 9.88. The molecule has 0 atom stereocenters. The van der Waals surface area contributed by atoms with E-state index in [2.05, 4.69) is 31.0 Å². The Morgan fingerprint density at radius 3 is 2.55 bits per heavy atom. The van der Waals surface area contributed by atoms with Gasteiger partial charge in [-0.1, -0.05) is 47.3 Å². The van der Waals surface area contributed by atoms with E-state index in [1.54, 1.807) is 0 Å². The first-order valence-corrected chi connectivity index (χ1v) is 8.43. The number of para-hydroxylation sites is 1. The summed E-state index contributed by atoms with van der Waals surface area (Å²) in [6, 6.07) is 8.48. The summed E-state index contributed by atoms with van der Waals surface area (Å²) < 4.78 is 0. The molecule has 0 N–H and O–H groups in total. The van der Waals surface area contributed by atoms with Crippen LogP contribution in [0.4, 0.5) is 5.95 Å². The number of alkyl halides is 1. The van der Waals surface area contributed by atoms with Gasteiger partial charge >= 0.3 is 0 Å². The fraction of sp³-hybridized carbons (Fsp3) is 0.533. The fourth-order valence-electron chi connectivity index (χ4n) is 2.92. The third kappa shape index (κ3) is 2.92. The van der Waals surface area contributed by atoms with Gasteiger partial charge in [0.1, 0.15) is 5.52 Å². The number of fused-ring (bicyclic) bond motifs is 1. The molecule has 106 valence electrons. The summed E-state index contributed by atoms with van der Waals surface area (Å²) in [7, 11) is 0. The lowest BCUT2D eigenvalue weighted by molar-refractivity contribution is 0.414. The van der Waals surface area contributed by atoms with Gasteiger partial charge in [-0.05, 0) is 25.0 Å². The summed E-state index contributed by atoms with van der Waals surface area (Å²) >= 11 is 3.55. The van der Waals surface area contributed by atoms with E-state index in [9.17, 15) is 0 Å². The molecular weight excluding hydrogens is 316 g/mol. The number of hydrogen-bond acceptors (Lipinski definition) is 4. The number of hydrogen-bond donors (Lipinski definition) is 0. The number of aromatic nitrogens is 3. The molecule has 0 spiro atoms. The Labute approximate surface area is 127 Å². The van der Waals surface area contributed by atoms with Crippen molar-refractivity contribution in [3.05, 3.63) is 24.3 Å². The van der Waals surface area contributed by atoms with Crippen molar-refractivity contribution < 1.29 is 0 Å². The third-order valence-corrected chi connectivity index (χ3v) is 4.30. The van der Waals surface area contributed by atoms with Crippen molar-refractivity contribution in [2.24, 2.45) is 0 Å². The molecule has 0 saturated heterocycles. The lowest BCUT2D eigenvalue weighted by atomic mass is 9.94. The lowest BCUT2D eigenvalue weighted by Gasteiger charge is -2.33. The second-order valence-electron chi connectivity index (χ2n) is 5.27. The van der Waals surface area contributed by atoms with Crippen LogP contribution in [0.1, 0.15) is 32.1 Å². The van der Waals surface area contributed by atoms with E-state index in [1.165, 1.54) is 32.1 Å². The molecule has 1 saturated carbocycles. The van der Waals surface area contributed by atoms with Gasteiger partial charge in [-0.25, -0.2) is 4.98 Å². The molecule has 0 amide bonds. The normalized spacial score (nSPS) is 16.4. The lowest BCUT2D eigenvalue weighted by Crippen LogP contribution is -2.39. The van der Waals surface area contributed by atoms with Crippen molar-refractivity contribution in [2.45, 2.75) is 38.1 Å². The van der Waals surface area contributed by atoms with Gasteiger partial charge < -0.3 is 4.90 Å². The molecule has 1 fully saturated rings. The molecule has 1 aliphatic carbocycles. The Morgan fingerprint density at radius 1 is 1.05 bits per heavy atom. The van der Waals surface area contributed by atoms with E-state index >= 15 is 0 Å². The standard InChI is InChI=1S/C15H19BrN4/c16-10-11-20(12-6-2-1-3-7-12)15-17-13-8-4-5-9-14(13)18-19-15/h4-5,8-9,12H,1-3,6-7,10-11H2. The van der Waals surface area contributed by atoms with Crippen LogP contribution in [0.25, 0.3) is 11.0 Å². The van der Waals surface area contributed by atoms with Crippen LogP contribution < -0.4 is 4.90 Å². The van der Waals surface area contributed by atoms with Crippen molar-refractivity contribution in [3.63, 3.8) is 0 Å². The Bertz CT molecular complexity index is 569. The molecular formula is C15H19BrN4. The van der Waals surface area contributed by atoms with Crippen LogP contribution in [0.2, 0.25) is 0 Å². The number of rotatable bonds is 4. The summed E-state index contributed by atoms with van der Waals surface area (Å²) in [6.45, 7) is 0.935. The predicted octanol–water partition coefficient (Wildman–Crippen LogP) is 3.56. The smallest absolute Gasteiger partial charge is 0.246 e. The summed E-state index contributed by atoms with van der Waals surface area (Å²) in [6.07, 6.45) is 6.46. The fourth-order valence-corrected chi connectivity index (χ4v) is 3.31. The molecule has 4 nitrogen and oxygen atoms in total. The van der Waals surface area contributed by atoms with E-state index in [-0.39, 0.29) is 0 Å². The molecule has 5 heteroatoms. The second-order valence-corrected chi connectivity index (χ2v) is 6.07. The summed E-state index contributed by atoms with van der Waals surface area (Å²) in [5, 5.41) is 9.58. The van der Waals surface area contributed by atoms with Gasteiger partial charge in [-0.3, -0.25) is 0 Å². The molecule has 0 radical (unpaired) electrons. The second kappa shape index (κ2) is 6.48. The average Bonchev–Trinajstić information content (AvgIpc) is 2.53. The monoisotopic (exact) mass is 334 g/mol. The van der Waals surface area contributed by atoms with Crippen molar-refractivity contribution in [3.8, 4) is 0 Å². The molecule has 1 heterocycles. The van der Waals surface area contributed by atoms with Crippen LogP contribution in [0.3, 0.4) is 0 Å². The molecule has 20 heavy (non-hydrogen) atoms. The van der Waals surface area contributed by atoms with Crippen LogP contribution in [0, 0.1) is 0 Å². The van der Waals surface area contributed by atoms with Gasteiger partial charge in [0.15, 0.2) is 0 Å². The minimum Gasteiger partial charge on any atom is -0.336 e. The van der Waals surface area contributed by atoms with Crippen LogP contribution in [-0.2, 0) is 0 Å². The maximum absolute atomic E-state index is 4.70. The third-order valence-electron chi connectivity index (χ3n) is 3.95. The zero-order valence-electron chi connectivity index (χ0n) is 11.5. The molecule has 1 aliphatic rings. The van der Waals surface area contributed by atoms with E-state index in [0.717, 1.165) is 28.9 Å². The first-order valence-electron chi connectivity index (χ1n) is 7.30. The van der Waals surface area contributed by atoms with Crippen molar-refractivity contribution >= 4 is 32.9 Å². The van der Waals surface area contributed by atoms with Crippen molar-refractivity contribution in [1.29, 1.82) is 0 Å². The average molecular weight is 335 g/mol. The van der Waals surface area contributed by atoms with E-state index in [0.29, 0.717) is 6.04 Å². The van der Waals surface area contributed by atoms with Gasteiger partial charge in [-0.15, -0.1) is 10.2 Å². The minimum absolute atomic E-state index is 0.560. The number of anilines is 1. The molecule has 0 unspecified atom stereocenters. The van der Waals surface area contributed by atoms with Crippen LogP contribution in [-0.4, -0.2) is 33.1 Å². The Kier molecular flexibility index (Phi) is 4.45. The Morgan fingerprint density at radius 2 is 1.80 bits per heavy atom. The maximum atomic E-state index is 4.70. The van der Waals surface area contributed by atoms with Gasteiger partial charge in [-0.2, -0.15) is 0 Å². The molecule has 0 bridgehead atoms. The number of benzene rings is 1. The molecule has 2 aromatic rings. The summed E-state index contributed by atoms with van der Waals surface area (Å²) in [5.41, 5.74) is 1.78. The van der Waals surface area contributed by atoms with E-state index in [1.807, 2.05) is 24.3 Å². The summed E-state index contributed by atoms with van der Waals surface area (Å²) in [5.74, 6) is 0.773. The summed E-state index contributed by atoms with van der Waals surface area (Å²) in [4.78, 5) is 7.03. The van der Waals surface area contributed by atoms with E-state index in [4.69, 9.17) is 4.98 Å². The zero-order chi connectivity index (χ0) is 13.8. The number of nitrogens with zero attached hydrogens (tertiary/aromatic N) is 4. The van der Waals surface area contributed by atoms with Crippen LogP contribution in [0.15, 0.2) is 24.3 Å². The highest BCUT2D eigenvalue weighted by Crippen LogP contribution is 2.25. The Balaban J connectivity index is 1.91. The minimum atomic E-state index is 0.560. The number of halogens is 1. The van der Waals surface area contributed by atoms with Gasteiger partial charge in [0.05, 0.1) is 5.52 Å². The maximum Gasteiger partial charge on any atom is 0.246 e. The van der Waals surface area contributed by atoms with Crippen molar-refractivity contribution in [1.82, 2.24) is 15.2 Å². The topological polar surface area (TPSA) is 41.9 Å². The quantitative estimate of drug-likeness (QED) is 0.801. The highest BCUT2D eigenvalue weighted by molar-refractivity contribution is 9.09. The molecule has 0 aliphatic heterocycles. The van der Waals surface area contributed by atoms with Gasteiger partial charge in [0.2, 0.25) is 5.95 Å². The van der Waals surface area contributed by atoms with Crippen LogP contribution >= 0.6 is 15.9 Å². The van der Waals surface area contributed by atoms with Gasteiger partial charge in [0.25, 0.3) is 0 Å². The van der Waals surface area contributed by atoms with Crippen molar-refractivity contribution in [2.75, 3.05) is 16.8 Å². The van der Waals surface area contributed by atoms with Crippen LogP contribution in [0.5, 0.6) is 0 Å². The highest BCUT2D eigenvalue weighted by atomic mass is 79.9. The first kappa shape index (κ1) is 13.7. The SMILES string of the molecule is BrCCN(c1nnc2ccccc2n1)C1CCCCC1. The largest absolute Gasteiger partial charge is 0.336 e. The highest BCUT2D eigenvalue weighted by Gasteiger charge is 2.23. The zero-order valence-corrected chi connectivity index (χ0v) is 13.1. The molecule has 3 rings (SSSR count). The Hall–Kier alpha value is -1.23.